The average Bonchev–Trinajstić information content (AvgIpc) is 2.45. The Morgan fingerprint density at radius 2 is 1.95 bits per heavy atom. The van der Waals surface area contributed by atoms with Crippen LogP contribution in [0.3, 0.4) is 0 Å². The van der Waals surface area contributed by atoms with E-state index in [1.807, 2.05) is 50.2 Å². The number of carbonyl (C=O) groups is 1. The molecule has 0 heterocycles. The topological polar surface area (TPSA) is 64.3 Å². The summed E-state index contributed by atoms with van der Waals surface area (Å²) in [7, 11) is 1.39. The molecule has 0 aliphatic carbocycles. The van der Waals surface area contributed by atoms with E-state index in [1.165, 1.54) is 7.11 Å². The Kier molecular flexibility index (Phi) is 4.48. The first-order valence-corrected chi connectivity index (χ1v) is 6.78. The van der Waals surface area contributed by atoms with Crippen LogP contribution in [0.4, 0.5) is 11.4 Å². The molecule has 0 aliphatic heterocycles. The molecule has 0 saturated carbocycles. The fourth-order valence-corrected chi connectivity index (χ4v) is 2.31. The van der Waals surface area contributed by atoms with Crippen LogP contribution in [0.1, 0.15) is 22.7 Å². The van der Waals surface area contributed by atoms with E-state index in [1.54, 1.807) is 6.07 Å². The monoisotopic (exact) mass is 284 g/mol. The van der Waals surface area contributed by atoms with E-state index in [0.717, 1.165) is 22.4 Å². The zero-order valence-electron chi connectivity index (χ0n) is 12.5. The summed E-state index contributed by atoms with van der Waals surface area (Å²) in [6, 6.07) is 12.8. The van der Waals surface area contributed by atoms with Crippen molar-refractivity contribution in [1.82, 2.24) is 0 Å². The number of hydrogen-bond donors (Lipinski definition) is 2. The van der Waals surface area contributed by atoms with Gasteiger partial charge < -0.3 is 15.8 Å². The highest BCUT2D eigenvalue weighted by Gasteiger charge is 2.23. The fourth-order valence-electron chi connectivity index (χ4n) is 2.31. The van der Waals surface area contributed by atoms with Gasteiger partial charge in [0.05, 0.1) is 7.11 Å². The molecule has 0 radical (unpaired) electrons. The molecule has 4 heteroatoms. The number of benzene rings is 2. The van der Waals surface area contributed by atoms with Crippen LogP contribution < -0.4 is 11.1 Å². The molecule has 4 nitrogen and oxygen atoms in total. The van der Waals surface area contributed by atoms with E-state index < -0.39 is 6.04 Å². The van der Waals surface area contributed by atoms with Crippen LogP contribution in [-0.4, -0.2) is 13.1 Å². The number of nitrogen functional groups attached to an aromatic ring is 1. The van der Waals surface area contributed by atoms with E-state index in [0.29, 0.717) is 5.69 Å². The lowest BCUT2D eigenvalue weighted by Gasteiger charge is -2.20. The molecule has 0 amide bonds. The van der Waals surface area contributed by atoms with Crippen molar-refractivity contribution < 1.29 is 9.53 Å². The maximum Gasteiger partial charge on any atom is 0.332 e. The third-order valence-electron chi connectivity index (χ3n) is 3.37. The third kappa shape index (κ3) is 3.54. The molecule has 0 aliphatic rings. The molecule has 2 aromatic rings. The first-order chi connectivity index (χ1) is 10.0. The maximum absolute atomic E-state index is 12.1. The highest BCUT2D eigenvalue weighted by Crippen LogP contribution is 2.25. The second kappa shape index (κ2) is 6.31. The minimum absolute atomic E-state index is 0.329. The van der Waals surface area contributed by atoms with Crippen LogP contribution in [0.15, 0.2) is 42.5 Å². The van der Waals surface area contributed by atoms with Crippen LogP contribution >= 0.6 is 0 Å². The summed E-state index contributed by atoms with van der Waals surface area (Å²) in [4.78, 5) is 12.1. The van der Waals surface area contributed by atoms with Crippen LogP contribution in [0, 0.1) is 13.8 Å². The first-order valence-electron chi connectivity index (χ1n) is 6.78. The van der Waals surface area contributed by atoms with Gasteiger partial charge in [-0.3, -0.25) is 0 Å². The number of carbonyl (C=O) groups excluding carboxylic acids is 1. The first kappa shape index (κ1) is 14.9. The Morgan fingerprint density at radius 1 is 1.19 bits per heavy atom. The molecule has 2 aromatic carbocycles. The molecule has 3 N–H and O–H groups in total. The lowest BCUT2D eigenvalue weighted by molar-refractivity contribution is -0.141. The predicted octanol–water partition coefficient (Wildman–Crippen LogP) is 3.21. The normalized spacial score (nSPS) is 11.8. The summed E-state index contributed by atoms with van der Waals surface area (Å²) in [5, 5.41) is 3.23. The highest BCUT2D eigenvalue weighted by molar-refractivity contribution is 5.81. The third-order valence-corrected chi connectivity index (χ3v) is 3.37. The van der Waals surface area contributed by atoms with E-state index in [4.69, 9.17) is 10.5 Å². The van der Waals surface area contributed by atoms with Gasteiger partial charge in [0.2, 0.25) is 0 Å². The van der Waals surface area contributed by atoms with Crippen molar-refractivity contribution in [3.8, 4) is 0 Å². The Morgan fingerprint density at radius 3 is 2.57 bits per heavy atom. The molecular weight excluding hydrogens is 264 g/mol. The number of anilines is 2. The SMILES string of the molecule is COC(=O)C(Nc1cccc(C)c1)c1ccc(N)cc1C. The van der Waals surface area contributed by atoms with Crippen molar-refractivity contribution >= 4 is 17.3 Å². The Hall–Kier alpha value is -2.49. The summed E-state index contributed by atoms with van der Waals surface area (Å²) in [6.07, 6.45) is 0. The number of nitrogens with one attached hydrogen (secondary N) is 1. The Labute approximate surface area is 124 Å². The lowest BCUT2D eigenvalue weighted by Crippen LogP contribution is -2.23. The largest absolute Gasteiger partial charge is 0.467 e. The van der Waals surface area contributed by atoms with Gasteiger partial charge in [-0.05, 0) is 54.8 Å². The van der Waals surface area contributed by atoms with E-state index in [2.05, 4.69) is 5.32 Å². The van der Waals surface area contributed by atoms with Crippen LogP contribution in [-0.2, 0) is 9.53 Å². The zero-order chi connectivity index (χ0) is 15.4. The number of hydrogen-bond acceptors (Lipinski definition) is 4. The molecule has 1 unspecified atom stereocenters. The molecule has 0 spiro atoms. The fraction of sp³-hybridized carbons (Fsp3) is 0.235. The second-order valence-corrected chi connectivity index (χ2v) is 5.09. The van der Waals surface area contributed by atoms with Crippen LogP contribution in [0.5, 0.6) is 0 Å². The highest BCUT2D eigenvalue weighted by atomic mass is 16.5. The molecule has 0 bridgehead atoms. The molecule has 2 rings (SSSR count). The minimum atomic E-state index is -0.558. The molecule has 1 atom stereocenters. The van der Waals surface area contributed by atoms with Gasteiger partial charge in [0.25, 0.3) is 0 Å². The summed E-state index contributed by atoms with van der Waals surface area (Å²) < 4.78 is 4.92. The van der Waals surface area contributed by atoms with Gasteiger partial charge in [0, 0.05) is 11.4 Å². The van der Waals surface area contributed by atoms with Crippen LogP contribution in [0.2, 0.25) is 0 Å². The Bertz CT molecular complexity index is 653. The number of aryl methyl sites for hydroxylation is 2. The number of esters is 1. The summed E-state index contributed by atoms with van der Waals surface area (Å²) in [5.41, 5.74) is 10.3. The van der Waals surface area contributed by atoms with E-state index >= 15 is 0 Å². The van der Waals surface area contributed by atoms with Gasteiger partial charge in [-0.25, -0.2) is 4.79 Å². The number of methoxy groups -OCH3 is 1. The smallest absolute Gasteiger partial charge is 0.332 e. The van der Waals surface area contributed by atoms with Crippen molar-refractivity contribution in [2.24, 2.45) is 0 Å². The van der Waals surface area contributed by atoms with E-state index in [9.17, 15) is 4.79 Å². The molecular formula is C17H20N2O2. The lowest BCUT2D eigenvalue weighted by atomic mass is 10.00. The number of nitrogens with two attached hydrogens (primary N) is 1. The van der Waals surface area contributed by atoms with Gasteiger partial charge in [0.15, 0.2) is 6.04 Å². The zero-order valence-corrected chi connectivity index (χ0v) is 12.5. The molecule has 0 fully saturated rings. The van der Waals surface area contributed by atoms with Crippen molar-refractivity contribution in [3.05, 3.63) is 59.2 Å². The maximum atomic E-state index is 12.1. The molecule has 0 saturated heterocycles. The molecule has 21 heavy (non-hydrogen) atoms. The quantitative estimate of drug-likeness (QED) is 0.668. The van der Waals surface area contributed by atoms with Crippen LogP contribution in [0.25, 0.3) is 0 Å². The molecule has 110 valence electrons. The second-order valence-electron chi connectivity index (χ2n) is 5.09. The number of ether oxygens (including phenoxy) is 1. The van der Waals surface area contributed by atoms with Crippen molar-refractivity contribution in [2.75, 3.05) is 18.2 Å². The van der Waals surface area contributed by atoms with Gasteiger partial charge >= 0.3 is 5.97 Å². The van der Waals surface area contributed by atoms with Crippen molar-refractivity contribution in [1.29, 1.82) is 0 Å². The summed E-state index contributed by atoms with van der Waals surface area (Å²) in [6.45, 7) is 3.94. The summed E-state index contributed by atoms with van der Waals surface area (Å²) >= 11 is 0. The predicted molar refractivity (Wildman–Crippen MR) is 85.2 cm³/mol. The Balaban J connectivity index is 2.37. The van der Waals surface area contributed by atoms with Crippen molar-refractivity contribution in [2.45, 2.75) is 19.9 Å². The minimum Gasteiger partial charge on any atom is -0.467 e. The van der Waals surface area contributed by atoms with Gasteiger partial charge in [-0.1, -0.05) is 18.2 Å². The standard InChI is InChI=1S/C17H20N2O2/c1-11-5-4-6-14(9-11)19-16(17(20)21-3)15-8-7-13(18)10-12(15)2/h4-10,16,19H,18H2,1-3H3. The van der Waals surface area contributed by atoms with Gasteiger partial charge in [-0.2, -0.15) is 0 Å². The van der Waals surface area contributed by atoms with Crippen molar-refractivity contribution in [3.63, 3.8) is 0 Å². The average molecular weight is 284 g/mol. The number of rotatable bonds is 4. The summed E-state index contributed by atoms with van der Waals surface area (Å²) in [5.74, 6) is -0.329. The molecule has 0 aromatic heterocycles. The van der Waals surface area contributed by atoms with Gasteiger partial charge in [0.1, 0.15) is 0 Å². The van der Waals surface area contributed by atoms with E-state index in [-0.39, 0.29) is 5.97 Å². The van der Waals surface area contributed by atoms with Gasteiger partial charge in [-0.15, -0.1) is 0 Å².